The Bertz CT molecular complexity index is 1520. The summed E-state index contributed by atoms with van der Waals surface area (Å²) >= 11 is 0. The fourth-order valence-electron chi connectivity index (χ4n) is 2.56. The first-order valence-electron chi connectivity index (χ1n) is 16.5. The molecule has 31 heavy (non-hydrogen) atoms. The van der Waals surface area contributed by atoms with Crippen LogP contribution in [0.3, 0.4) is 0 Å². The first kappa shape index (κ1) is 9.92. The lowest BCUT2D eigenvalue weighted by Gasteiger charge is -2.28. The van der Waals surface area contributed by atoms with Crippen molar-refractivity contribution in [2.24, 2.45) is 0 Å². The van der Waals surface area contributed by atoms with Gasteiger partial charge < -0.3 is 14.7 Å². The standard InChI is InChI=1S/C25H29N3O3/c1-19(2)28(15-9-10-16-31-18-23(29)30)22-17-26-24(20-11-5-3-6-12-20)25(27-22)21-13-7-4-8-14-21/h3-8,11-14,17,19H,9-10,15-16,18H2,1-2H3,(H,29,30)/i1D3,2D3,9D2,10D2,15D2,16D2,19D. The zero-order valence-corrected chi connectivity index (χ0v) is 16.2. The maximum absolute atomic E-state index is 11.0. The Labute approximate surface area is 204 Å². The molecule has 0 aliphatic rings. The van der Waals surface area contributed by atoms with E-state index < -0.39 is 63.9 Å². The maximum Gasteiger partial charge on any atom is 0.329 e. The van der Waals surface area contributed by atoms with Crippen molar-refractivity contribution in [2.45, 2.75) is 32.5 Å². The average Bonchev–Trinajstić information content (AvgIpc) is 2.95. The molecule has 6 nitrogen and oxygen atoms in total. The largest absolute Gasteiger partial charge is 0.480 e. The number of carbonyl (C=O) groups is 1. The summed E-state index contributed by atoms with van der Waals surface area (Å²) in [6.45, 7) is -17.6. The number of hydrogen-bond donors (Lipinski definition) is 1. The molecule has 0 atom stereocenters. The summed E-state index contributed by atoms with van der Waals surface area (Å²) in [6.07, 6.45) is -7.76. The Kier molecular flexibility index (Phi) is 3.59. The molecule has 0 spiro atoms. The van der Waals surface area contributed by atoms with Crippen molar-refractivity contribution in [3.05, 3.63) is 66.9 Å². The highest BCUT2D eigenvalue weighted by Gasteiger charge is 2.17. The summed E-state index contributed by atoms with van der Waals surface area (Å²) in [5, 5.41) is 8.90. The minimum atomic E-state index is -4.29. The molecular weight excluding hydrogens is 390 g/mol. The van der Waals surface area contributed by atoms with Gasteiger partial charge in [-0.25, -0.2) is 9.78 Å². The summed E-state index contributed by atoms with van der Waals surface area (Å²) in [5.41, 5.74) is 0.846. The zero-order chi connectivity index (χ0) is 35.1. The van der Waals surface area contributed by atoms with Gasteiger partial charge in [0.25, 0.3) is 0 Å². The van der Waals surface area contributed by atoms with Crippen LogP contribution in [0.25, 0.3) is 22.5 Å². The SMILES string of the molecule is [2H]C([2H])([2H])C([2H])(N(c1cnc(-c2ccccc2)c(-c2ccccc2)n1)C([2H])([2H])C([2H])([2H])C([2H])([2H])C([2H])([2H])OCC(=O)O)C([2H])([2H])[2H]. The molecular formula is C25H29N3O3. The van der Waals surface area contributed by atoms with Crippen LogP contribution in [0.5, 0.6) is 0 Å². The second-order valence-electron chi connectivity index (χ2n) is 5.99. The Morgan fingerprint density at radius 2 is 1.74 bits per heavy atom. The van der Waals surface area contributed by atoms with E-state index >= 15 is 0 Å². The van der Waals surface area contributed by atoms with Gasteiger partial charge in [-0.05, 0) is 26.4 Å². The van der Waals surface area contributed by atoms with E-state index in [1.165, 1.54) is 0 Å². The molecule has 6 heteroatoms. The van der Waals surface area contributed by atoms with Crippen molar-refractivity contribution in [1.82, 2.24) is 9.97 Å². The molecule has 3 rings (SSSR count). The molecule has 2 aromatic carbocycles. The Morgan fingerprint density at radius 3 is 2.35 bits per heavy atom. The van der Waals surface area contributed by atoms with E-state index in [0.29, 0.717) is 17.3 Å². The van der Waals surface area contributed by atoms with Gasteiger partial charge in [0.2, 0.25) is 0 Å². The van der Waals surface area contributed by atoms with Crippen LogP contribution >= 0.6 is 0 Å². The predicted molar refractivity (Wildman–Crippen MR) is 123 cm³/mol. The van der Waals surface area contributed by atoms with Crippen LogP contribution in [0.4, 0.5) is 5.82 Å². The van der Waals surface area contributed by atoms with Crippen LogP contribution < -0.4 is 4.90 Å². The molecule has 0 aliphatic carbocycles. The van der Waals surface area contributed by atoms with E-state index in [-0.39, 0.29) is 16.3 Å². The zero-order valence-electron chi connectivity index (χ0n) is 31.2. The maximum atomic E-state index is 11.0. The topological polar surface area (TPSA) is 75.5 Å². The molecule has 1 N–H and O–H groups in total. The van der Waals surface area contributed by atoms with E-state index in [9.17, 15) is 4.79 Å². The second kappa shape index (κ2) is 11.2. The normalized spacial score (nSPS) is 21.1. The summed E-state index contributed by atoms with van der Waals surface area (Å²) < 4.78 is 129. The third-order valence-electron chi connectivity index (χ3n) is 3.86. The van der Waals surface area contributed by atoms with Gasteiger partial charge >= 0.3 is 5.97 Å². The monoisotopic (exact) mass is 434 g/mol. The van der Waals surface area contributed by atoms with Crippen LogP contribution in [0, 0.1) is 0 Å². The highest BCUT2D eigenvalue weighted by Crippen LogP contribution is 2.30. The number of aliphatic carboxylic acids is 1. The molecule has 0 radical (unpaired) electrons. The first-order chi connectivity index (χ1) is 20.8. The van der Waals surface area contributed by atoms with E-state index in [4.69, 9.17) is 25.7 Å². The van der Waals surface area contributed by atoms with Crippen LogP contribution in [-0.4, -0.2) is 46.7 Å². The van der Waals surface area contributed by atoms with E-state index in [1.54, 1.807) is 60.7 Å². The fraction of sp³-hybridized carbons (Fsp3) is 0.320. The van der Waals surface area contributed by atoms with Gasteiger partial charge in [-0.1, -0.05) is 60.7 Å². The molecule has 0 bridgehead atoms. The number of aromatic nitrogens is 2. The quantitative estimate of drug-likeness (QED) is 0.462. The van der Waals surface area contributed by atoms with E-state index in [2.05, 4.69) is 14.7 Å². The van der Waals surface area contributed by atoms with Crippen molar-refractivity contribution in [3.63, 3.8) is 0 Å². The Balaban J connectivity index is 2.45. The summed E-state index contributed by atoms with van der Waals surface area (Å²) in [4.78, 5) is 19.2. The van der Waals surface area contributed by atoms with Crippen molar-refractivity contribution < 1.29 is 35.2 Å². The third-order valence-corrected chi connectivity index (χ3v) is 3.86. The number of carboxylic acids is 1. The number of ether oxygens (including phenoxy) is 1. The third kappa shape index (κ3) is 6.36. The number of hydrogen-bond acceptors (Lipinski definition) is 5. The molecule has 0 fully saturated rings. The van der Waals surface area contributed by atoms with Gasteiger partial charge in [-0.15, -0.1) is 0 Å². The lowest BCUT2D eigenvalue weighted by Crippen LogP contribution is -2.33. The minimum absolute atomic E-state index is 0.0766. The molecule has 1 aromatic heterocycles. The number of rotatable bonds is 11. The van der Waals surface area contributed by atoms with Gasteiger partial charge in [-0.2, -0.15) is 0 Å². The molecule has 0 unspecified atom stereocenters. The predicted octanol–water partition coefficient (Wildman–Crippen LogP) is 4.91. The van der Waals surface area contributed by atoms with Gasteiger partial charge in [0.1, 0.15) is 12.4 Å². The molecule has 0 amide bonds. The van der Waals surface area contributed by atoms with Crippen molar-refractivity contribution >= 4 is 11.8 Å². The Morgan fingerprint density at radius 1 is 1.10 bits per heavy atom. The Hall–Kier alpha value is -3.25. The molecule has 0 aliphatic heterocycles. The van der Waals surface area contributed by atoms with Gasteiger partial charge in [-0.3, -0.25) is 4.98 Å². The average molecular weight is 435 g/mol. The lowest BCUT2D eigenvalue weighted by molar-refractivity contribution is -0.142. The van der Waals surface area contributed by atoms with Crippen LogP contribution in [-0.2, 0) is 9.53 Å². The molecule has 1 heterocycles. The number of anilines is 1. The summed E-state index contributed by atoms with van der Waals surface area (Å²) in [5.74, 6) is -2.79. The lowest BCUT2D eigenvalue weighted by atomic mass is 10.0. The van der Waals surface area contributed by atoms with Crippen LogP contribution in [0.15, 0.2) is 66.9 Å². The van der Waals surface area contributed by atoms with Gasteiger partial charge in [0.15, 0.2) is 0 Å². The molecule has 0 saturated carbocycles. The minimum Gasteiger partial charge on any atom is -0.480 e. The number of benzene rings is 2. The van der Waals surface area contributed by atoms with Crippen LogP contribution in [0.1, 0.15) is 47.0 Å². The number of nitrogens with zero attached hydrogens (tertiary/aromatic N) is 3. The summed E-state index contributed by atoms with van der Waals surface area (Å²) in [6, 6.07) is 12.2. The first-order valence-corrected chi connectivity index (χ1v) is 8.98. The fourth-order valence-corrected chi connectivity index (χ4v) is 2.56. The van der Waals surface area contributed by atoms with Gasteiger partial charge in [0.05, 0.1) is 21.7 Å². The molecule has 3 aromatic rings. The highest BCUT2D eigenvalue weighted by atomic mass is 16.5. The highest BCUT2D eigenvalue weighted by molar-refractivity contribution is 5.78. The van der Waals surface area contributed by atoms with E-state index in [0.717, 1.165) is 0 Å². The number of carboxylic acid groups (broad SMARTS) is 1. The van der Waals surface area contributed by atoms with E-state index in [1.807, 2.05) is 0 Å². The van der Waals surface area contributed by atoms with Crippen molar-refractivity contribution in [2.75, 3.05) is 24.6 Å². The smallest absolute Gasteiger partial charge is 0.329 e. The van der Waals surface area contributed by atoms with Gasteiger partial charge in [0, 0.05) is 46.6 Å². The summed E-state index contributed by atoms with van der Waals surface area (Å²) in [7, 11) is 0. The van der Waals surface area contributed by atoms with Crippen LogP contribution in [0.2, 0.25) is 0 Å². The van der Waals surface area contributed by atoms with Crippen molar-refractivity contribution in [3.8, 4) is 22.5 Å². The second-order valence-corrected chi connectivity index (χ2v) is 5.99. The van der Waals surface area contributed by atoms with Crippen molar-refractivity contribution in [1.29, 1.82) is 0 Å². The molecule has 162 valence electrons. The molecule has 0 saturated heterocycles.